The van der Waals surface area contributed by atoms with Gasteiger partial charge < -0.3 is 15.5 Å². The Bertz CT molecular complexity index is 1320. The van der Waals surface area contributed by atoms with Gasteiger partial charge >= 0.3 is 0 Å². The molecule has 0 radical (unpaired) electrons. The molecular formula is C22H23FN6O3S2. The van der Waals surface area contributed by atoms with Crippen LogP contribution in [0.2, 0.25) is 0 Å². The van der Waals surface area contributed by atoms with Gasteiger partial charge in [0.1, 0.15) is 0 Å². The van der Waals surface area contributed by atoms with E-state index in [1.54, 1.807) is 11.0 Å². The molecule has 0 unspecified atom stereocenters. The lowest BCUT2D eigenvalue weighted by Crippen LogP contribution is -2.36. The van der Waals surface area contributed by atoms with E-state index in [2.05, 4.69) is 27.5 Å². The van der Waals surface area contributed by atoms with Crippen molar-refractivity contribution in [2.45, 2.75) is 29.6 Å². The molecule has 0 spiro atoms. The Morgan fingerprint density at radius 3 is 2.59 bits per heavy atom. The van der Waals surface area contributed by atoms with E-state index in [1.807, 2.05) is 12.1 Å². The Morgan fingerprint density at radius 1 is 1.15 bits per heavy atom. The number of nitrogens with zero attached hydrogens (tertiary/aromatic N) is 3. The van der Waals surface area contributed by atoms with Crippen LogP contribution >= 0.6 is 11.8 Å². The van der Waals surface area contributed by atoms with Crippen LogP contribution in [0.5, 0.6) is 0 Å². The topological polar surface area (TPSA) is 130 Å². The van der Waals surface area contributed by atoms with Crippen molar-refractivity contribution in [3.05, 3.63) is 54.5 Å². The molecule has 0 saturated heterocycles. The van der Waals surface area contributed by atoms with Crippen LogP contribution in [0.3, 0.4) is 0 Å². The third-order valence-corrected chi connectivity index (χ3v) is 7.06. The number of nitrogens with one attached hydrogen (secondary N) is 2. The summed E-state index contributed by atoms with van der Waals surface area (Å²) in [6.07, 6.45) is 2.89. The lowest BCUT2D eigenvalue weighted by Gasteiger charge is -2.29. The molecule has 0 bridgehead atoms. The highest BCUT2D eigenvalue weighted by Gasteiger charge is 2.24. The van der Waals surface area contributed by atoms with Gasteiger partial charge in [-0.15, -0.1) is 11.8 Å². The maximum atomic E-state index is 14.5. The number of fused-ring (bicyclic) bond motifs is 1. The number of unbranched alkanes of at least 4 members (excludes halogenated alkanes) is 1. The molecule has 2 aromatic carbocycles. The number of thioether (sulfide) groups is 1. The zero-order valence-electron chi connectivity index (χ0n) is 18.3. The molecule has 3 aromatic rings. The van der Waals surface area contributed by atoms with Gasteiger partial charge in [0.2, 0.25) is 21.9 Å². The highest BCUT2D eigenvalue weighted by atomic mass is 32.2. The second-order valence-electron chi connectivity index (χ2n) is 7.58. The van der Waals surface area contributed by atoms with Crippen LogP contribution in [-0.4, -0.2) is 36.6 Å². The molecule has 1 aromatic heterocycles. The zero-order valence-corrected chi connectivity index (χ0v) is 19.9. The van der Waals surface area contributed by atoms with Crippen LogP contribution in [0, 0.1) is 5.82 Å². The van der Waals surface area contributed by atoms with Crippen molar-refractivity contribution in [2.24, 2.45) is 5.14 Å². The quantitative estimate of drug-likeness (QED) is 0.422. The summed E-state index contributed by atoms with van der Waals surface area (Å²) in [6.45, 7) is 2.70. The van der Waals surface area contributed by atoms with Crippen LogP contribution in [0.25, 0.3) is 0 Å². The van der Waals surface area contributed by atoms with Crippen molar-refractivity contribution in [2.75, 3.05) is 27.8 Å². The first kappa shape index (κ1) is 23.9. The third kappa shape index (κ3) is 5.46. The highest BCUT2D eigenvalue weighted by Crippen LogP contribution is 2.38. The van der Waals surface area contributed by atoms with E-state index in [0.717, 1.165) is 29.6 Å². The monoisotopic (exact) mass is 502 g/mol. The van der Waals surface area contributed by atoms with Crippen molar-refractivity contribution >= 4 is 56.5 Å². The summed E-state index contributed by atoms with van der Waals surface area (Å²) in [5, 5.41) is 11.0. The number of hydrogen-bond donors (Lipinski definition) is 3. The summed E-state index contributed by atoms with van der Waals surface area (Å²) in [5.41, 5.74) is 1.87. The van der Waals surface area contributed by atoms with E-state index in [-0.39, 0.29) is 22.6 Å². The molecule has 12 heteroatoms. The van der Waals surface area contributed by atoms with Crippen molar-refractivity contribution in [3.63, 3.8) is 0 Å². The summed E-state index contributed by atoms with van der Waals surface area (Å²) in [4.78, 5) is 23.3. The third-order valence-electron chi connectivity index (χ3n) is 5.08. The molecule has 0 fully saturated rings. The fourth-order valence-corrected chi connectivity index (χ4v) is 4.78. The number of amides is 1. The summed E-state index contributed by atoms with van der Waals surface area (Å²) < 4.78 is 37.3. The SMILES string of the molecule is CCCCN1C(=O)CSc2ccc(Nc3nc(Nc4ccc(S(N)(=O)=O)cc4)ncc3F)cc21. The van der Waals surface area contributed by atoms with Crippen molar-refractivity contribution in [3.8, 4) is 0 Å². The maximum Gasteiger partial charge on any atom is 0.238 e. The number of benzene rings is 2. The number of carbonyl (C=O) groups is 1. The first-order chi connectivity index (χ1) is 16.2. The van der Waals surface area contributed by atoms with Crippen molar-refractivity contribution in [1.29, 1.82) is 0 Å². The van der Waals surface area contributed by atoms with E-state index in [9.17, 15) is 17.6 Å². The molecule has 0 aliphatic carbocycles. The van der Waals surface area contributed by atoms with E-state index >= 15 is 0 Å². The molecule has 0 atom stereocenters. The lowest BCUT2D eigenvalue weighted by molar-refractivity contribution is -0.116. The maximum absolute atomic E-state index is 14.5. The molecule has 178 valence electrons. The summed E-state index contributed by atoms with van der Waals surface area (Å²) in [5.74, 6) is -0.136. The molecule has 1 aliphatic heterocycles. The number of hydrogen-bond acceptors (Lipinski definition) is 8. The Hall–Kier alpha value is -3.22. The van der Waals surface area contributed by atoms with Gasteiger partial charge in [-0.05, 0) is 48.9 Å². The fraction of sp³-hybridized carbons (Fsp3) is 0.227. The molecular weight excluding hydrogens is 479 g/mol. The van der Waals surface area contributed by atoms with Crippen LogP contribution in [0.1, 0.15) is 19.8 Å². The molecule has 1 amide bonds. The van der Waals surface area contributed by atoms with Gasteiger partial charge in [0.25, 0.3) is 0 Å². The normalized spacial score (nSPS) is 13.5. The Labute approximate surface area is 201 Å². The van der Waals surface area contributed by atoms with Gasteiger partial charge in [-0.2, -0.15) is 4.98 Å². The molecule has 34 heavy (non-hydrogen) atoms. The average molecular weight is 503 g/mol. The Morgan fingerprint density at radius 2 is 1.88 bits per heavy atom. The smallest absolute Gasteiger partial charge is 0.238 e. The highest BCUT2D eigenvalue weighted by molar-refractivity contribution is 8.00. The summed E-state index contributed by atoms with van der Waals surface area (Å²) >= 11 is 1.48. The van der Waals surface area contributed by atoms with E-state index in [4.69, 9.17) is 5.14 Å². The van der Waals surface area contributed by atoms with Gasteiger partial charge in [0.15, 0.2) is 11.6 Å². The summed E-state index contributed by atoms with van der Waals surface area (Å²) in [6, 6.07) is 11.2. The minimum Gasteiger partial charge on any atom is -0.338 e. The molecule has 4 rings (SSSR count). The second-order valence-corrected chi connectivity index (χ2v) is 10.2. The number of sulfonamides is 1. The number of rotatable bonds is 8. The molecule has 9 nitrogen and oxygen atoms in total. The fourth-order valence-electron chi connectivity index (χ4n) is 3.35. The van der Waals surface area contributed by atoms with Crippen LogP contribution in [0.15, 0.2) is 58.5 Å². The Balaban J connectivity index is 1.55. The van der Waals surface area contributed by atoms with Crippen LogP contribution in [-0.2, 0) is 14.8 Å². The van der Waals surface area contributed by atoms with E-state index < -0.39 is 15.8 Å². The van der Waals surface area contributed by atoms with Gasteiger partial charge in [0, 0.05) is 22.8 Å². The van der Waals surface area contributed by atoms with Crippen LogP contribution in [0.4, 0.5) is 33.2 Å². The van der Waals surface area contributed by atoms with Crippen molar-refractivity contribution in [1.82, 2.24) is 9.97 Å². The van der Waals surface area contributed by atoms with Gasteiger partial charge in [0.05, 0.1) is 22.5 Å². The number of nitrogens with two attached hydrogens (primary N) is 1. The molecule has 4 N–H and O–H groups in total. The number of aromatic nitrogens is 2. The Kier molecular flexibility index (Phi) is 7.00. The predicted octanol–water partition coefficient (Wildman–Crippen LogP) is 3.99. The second kappa shape index (κ2) is 9.95. The van der Waals surface area contributed by atoms with Gasteiger partial charge in [-0.3, -0.25) is 4.79 Å². The minimum atomic E-state index is -3.80. The predicted molar refractivity (Wildman–Crippen MR) is 131 cm³/mol. The van der Waals surface area contributed by atoms with E-state index in [0.29, 0.717) is 23.7 Å². The molecule has 0 saturated carbocycles. The number of halogens is 1. The molecule has 1 aliphatic rings. The van der Waals surface area contributed by atoms with Crippen molar-refractivity contribution < 1.29 is 17.6 Å². The first-order valence-electron chi connectivity index (χ1n) is 10.5. The number of anilines is 5. The standard InChI is InChI=1S/C22H23FN6O3S2/c1-2-3-10-29-18-11-15(6-9-19(18)33-13-20(29)30)26-21-17(23)12-25-22(28-21)27-14-4-7-16(8-5-14)34(24,31)32/h4-9,11-12H,2-3,10,13H2,1H3,(H2,24,31,32)(H2,25,26,27,28). The van der Waals surface area contributed by atoms with Crippen LogP contribution < -0.4 is 20.7 Å². The molecule has 2 heterocycles. The van der Waals surface area contributed by atoms with Gasteiger partial charge in [-0.25, -0.2) is 22.9 Å². The minimum absolute atomic E-state index is 0.0301. The zero-order chi connectivity index (χ0) is 24.3. The average Bonchev–Trinajstić information content (AvgIpc) is 2.80. The number of carbonyl (C=O) groups excluding carboxylic acids is 1. The van der Waals surface area contributed by atoms with Gasteiger partial charge in [-0.1, -0.05) is 13.3 Å². The largest absolute Gasteiger partial charge is 0.338 e. The number of primary sulfonamides is 1. The first-order valence-corrected chi connectivity index (χ1v) is 13.0. The lowest BCUT2D eigenvalue weighted by atomic mass is 10.2. The summed E-state index contributed by atoms with van der Waals surface area (Å²) in [7, 11) is -3.80. The van der Waals surface area contributed by atoms with E-state index in [1.165, 1.54) is 36.0 Å².